The Labute approximate surface area is 160 Å². The number of halogens is 2. The summed E-state index contributed by atoms with van der Waals surface area (Å²) in [6.45, 7) is 1.73. The molecule has 27 heavy (non-hydrogen) atoms. The van der Waals surface area contributed by atoms with Gasteiger partial charge in [0.25, 0.3) is 11.8 Å². The lowest BCUT2D eigenvalue weighted by atomic mass is 10.2. The minimum atomic E-state index is -0.407. The largest absolute Gasteiger partial charge is 0.349 e. The fourth-order valence-corrected chi connectivity index (χ4v) is 3.60. The number of aromatic amines is 1. The maximum Gasteiger partial charge on any atom is 0.271 e. The second-order valence-corrected chi connectivity index (χ2v) is 6.83. The number of nitrogens with one attached hydrogen (secondary N) is 1. The minimum absolute atomic E-state index is 0.0400. The topological polar surface area (TPSA) is 56.4 Å². The van der Waals surface area contributed by atoms with Gasteiger partial charge in [0, 0.05) is 42.6 Å². The molecule has 0 radical (unpaired) electrons. The van der Waals surface area contributed by atoms with E-state index >= 15 is 0 Å². The highest BCUT2D eigenvalue weighted by atomic mass is 35.5. The molecule has 2 aromatic carbocycles. The second kappa shape index (κ2) is 7.04. The van der Waals surface area contributed by atoms with E-state index in [1.807, 2.05) is 18.2 Å². The first-order chi connectivity index (χ1) is 13.0. The lowest BCUT2D eigenvalue weighted by molar-refractivity contribution is 0.0533. The van der Waals surface area contributed by atoms with Crippen LogP contribution in [0.3, 0.4) is 0 Å². The van der Waals surface area contributed by atoms with E-state index in [0.717, 1.165) is 0 Å². The maximum absolute atomic E-state index is 13.4. The Morgan fingerprint density at radius 1 is 0.926 bits per heavy atom. The van der Waals surface area contributed by atoms with Gasteiger partial charge in [0.05, 0.1) is 5.02 Å². The van der Waals surface area contributed by atoms with Gasteiger partial charge in [-0.25, -0.2) is 4.39 Å². The molecule has 1 fully saturated rings. The number of rotatable bonds is 2. The number of hydrogen-bond acceptors (Lipinski definition) is 2. The van der Waals surface area contributed by atoms with E-state index in [1.165, 1.54) is 12.1 Å². The molecule has 1 saturated heterocycles. The molecule has 2 amide bonds. The van der Waals surface area contributed by atoms with Gasteiger partial charge in [0.15, 0.2) is 0 Å². The summed E-state index contributed by atoms with van der Waals surface area (Å²) < 4.78 is 13.4. The van der Waals surface area contributed by atoms with Crippen LogP contribution in [0.1, 0.15) is 20.8 Å². The molecule has 3 aromatic rings. The quantitative estimate of drug-likeness (QED) is 0.733. The average molecular weight is 386 g/mol. The third-order valence-electron chi connectivity index (χ3n) is 4.79. The highest BCUT2D eigenvalue weighted by molar-refractivity contribution is 6.38. The van der Waals surface area contributed by atoms with Crippen LogP contribution in [0.15, 0.2) is 48.5 Å². The number of benzene rings is 2. The first kappa shape index (κ1) is 17.5. The number of piperazine rings is 1. The van der Waals surface area contributed by atoms with E-state index in [0.29, 0.717) is 42.6 Å². The Kier molecular flexibility index (Phi) is 4.58. The fraction of sp³-hybridized carbons (Fsp3) is 0.200. The van der Waals surface area contributed by atoms with Crippen molar-refractivity contribution in [2.75, 3.05) is 26.2 Å². The van der Waals surface area contributed by atoms with Gasteiger partial charge in [-0.3, -0.25) is 9.59 Å². The van der Waals surface area contributed by atoms with Gasteiger partial charge in [0.2, 0.25) is 0 Å². The summed E-state index contributed by atoms with van der Waals surface area (Å²) in [6, 6.07) is 13.3. The summed E-state index contributed by atoms with van der Waals surface area (Å²) in [5.74, 6) is -0.694. The van der Waals surface area contributed by atoms with Crippen LogP contribution in [0.25, 0.3) is 10.9 Å². The van der Waals surface area contributed by atoms with Gasteiger partial charge in [-0.15, -0.1) is 0 Å². The van der Waals surface area contributed by atoms with Crippen LogP contribution >= 0.6 is 11.6 Å². The lowest BCUT2D eigenvalue weighted by Crippen LogP contribution is -2.50. The van der Waals surface area contributed by atoms with Crippen molar-refractivity contribution in [2.45, 2.75) is 0 Å². The predicted octanol–water partition coefficient (Wildman–Crippen LogP) is 3.56. The van der Waals surface area contributed by atoms with Crippen molar-refractivity contribution < 1.29 is 14.0 Å². The molecule has 0 aliphatic carbocycles. The minimum Gasteiger partial charge on any atom is -0.349 e. The highest BCUT2D eigenvalue weighted by Crippen LogP contribution is 2.29. The van der Waals surface area contributed by atoms with Crippen molar-refractivity contribution in [3.05, 3.63) is 70.6 Å². The highest BCUT2D eigenvalue weighted by Gasteiger charge is 2.28. The maximum atomic E-state index is 13.4. The number of carbonyl (C=O) groups is 2. The standard InChI is InChI=1S/C20H17ClFN3O2/c21-17-15-12-14(22)6-7-16(15)23-18(17)20(27)25-10-8-24(9-11-25)19(26)13-4-2-1-3-5-13/h1-7,12,23H,8-11H2. The SMILES string of the molecule is O=C(c1ccccc1)N1CCN(C(=O)c2[nH]c3ccc(F)cc3c2Cl)CC1. The van der Waals surface area contributed by atoms with Gasteiger partial charge < -0.3 is 14.8 Å². The van der Waals surface area contributed by atoms with Crippen LogP contribution in [0.5, 0.6) is 0 Å². The molecule has 5 nitrogen and oxygen atoms in total. The van der Waals surface area contributed by atoms with E-state index in [9.17, 15) is 14.0 Å². The lowest BCUT2D eigenvalue weighted by Gasteiger charge is -2.34. The van der Waals surface area contributed by atoms with E-state index in [1.54, 1.807) is 28.0 Å². The zero-order chi connectivity index (χ0) is 19.0. The molecule has 4 rings (SSSR count). The number of nitrogens with zero attached hydrogens (tertiary/aromatic N) is 2. The normalized spacial score (nSPS) is 14.6. The van der Waals surface area contributed by atoms with Gasteiger partial charge in [0.1, 0.15) is 11.5 Å². The molecule has 1 aliphatic rings. The molecule has 1 N–H and O–H groups in total. The van der Waals surface area contributed by atoms with Gasteiger partial charge in [-0.2, -0.15) is 0 Å². The summed E-state index contributed by atoms with van der Waals surface area (Å²) in [5, 5.41) is 0.704. The van der Waals surface area contributed by atoms with Crippen molar-refractivity contribution in [3.63, 3.8) is 0 Å². The molecule has 1 aliphatic heterocycles. The number of H-pyrrole nitrogens is 1. The van der Waals surface area contributed by atoms with Gasteiger partial charge >= 0.3 is 0 Å². The van der Waals surface area contributed by atoms with Crippen LogP contribution in [0.4, 0.5) is 4.39 Å². The summed E-state index contributed by atoms with van der Waals surface area (Å²) in [5.41, 5.74) is 1.50. The van der Waals surface area contributed by atoms with Gasteiger partial charge in [-0.05, 0) is 30.3 Å². The van der Waals surface area contributed by atoms with E-state index < -0.39 is 5.82 Å². The Bertz CT molecular complexity index is 1010. The van der Waals surface area contributed by atoms with Crippen molar-refractivity contribution in [2.24, 2.45) is 0 Å². The number of hydrogen-bond donors (Lipinski definition) is 1. The third kappa shape index (κ3) is 3.28. The van der Waals surface area contributed by atoms with Crippen LogP contribution in [-0.4, -0.2) is 52.8 Å². The van der Waals surface area contributed by atoms with Crippen molar-refractivity contribution >= 4 is 34.3 Å². The molecule has 0 bridgehead atoms. The Balaban J connectivity index is 1.48. The van der Waals surface area contributed by atoms with Crippen LogP contribution in [0.2, 0.25) is 5.02 Å². The summed E-state index contributed by atoms with van der Waals surface area (Å²) >= 11 is 6.29. The molecule has 1 aromatic heterocycles. The molecule has 0 spiro atoms. The Morgan fingerprint density at radius 3 is 2.22 bits per heavy atom. The molecule has 0 atom stereocenters. The zero-order valence-corrected chi connectivity index (χ0v) is 15.2. The van der Waals surface area contributed by atoms with Crippen molar-refractivity contribution in [1.82, 2.24) is 14.8 Å². The van der Waals surface area contributed by atoms with E-state index in [4.69, 9.17) is 11.6 Å². The summed E-state index contributed by atoms with van der Waals surface area (Å²) in [4.78, 5) is 31.7. The van der Waals surface area contributed by atoms with Crippen LogP contribution in [0, 0.1) is 5.82 Å². The summed E-state index contributed by atoms with van der Waals surface area (Å²) in [6.07, 6.45) is 0. The van der Waals surface area contributed by atoms with Crippen LogP contribution < -0.4 is 0 Å². The molecule has 7 heteroatoms. The molecule has 2 heterocycles. The number of amides is 2. The number of aromatic nitrogens is 1. The first-order valence-electron chi connectivity index (χ1n) is 8.65. The van der Waals surface area contributed by atoms with Crippen LogP contribution in [-0.2, 0) is 0 Å². The number of fused-ring (bicyclic) bond motifs is 1. The van der Waals surface area contributed by atoms with Crippen molar-refractivity contribution in [3.8, 4) is 0 Å². The zero-order valence-electron chi connectivity index (χ0n) is 14.4. The van der Waals surface area contributed by atoms with Crippen molar-refractivity contribution in [1.29, 1.82) is 0 Å². The molecule has 0 unspecified atom stereocenters. The van der Waals surface area contributed by atoms with E-state index in [-0.39, 0.29) is 22.5 Å². The Hall–Kier alpha value is -2.86. The Morgan fingerprint density at radius 2 is 1.56 bits per heavy atom. The third-order valence-corrected chi connectivity index (χ3v) is 5.18. The fourth-order valence-electron chi connectivity index (χ4n) is 3.31. The second-order valence-electron chi connectivity index (χ2n) is 6.45. The van der Waals surface area contributed by atoms with E-state index in [2.05, 4.69) is 4.98 Å². The first-order valence-corrected chi connectivity index (χ1v) is 9.03. The monoisotopic (exact) mass is 385 g/mol. The molecule has 138 valence electrons. The smallest absolute Gasteiger partial charge is 0.271 e. The summed E-state index contributed by atoms with van der Waals surface area (Å²) in [7, 11) is 0. The molecule has 0 saturated carbocycles. The molecular weight excluding hydrogens is 369 g/mol. The molecular formula is C20H17ClFN3O2. The van der Waals surface area contributed by atoms with Gasteiger partial charge in [-0.1, -0.05) is 29.8 Å². The predicted molar refractivity (Wildman–Crippen MR) is 102 cm³/mol. The average Bonchev–Trinajstić information content (AvgIpc) is 3.04. The number of carbonyl (C=O) groups excluding carboxylic acids is 2.